The van der Waals surface area contributed by atoms with E-state index in [9.17, 15) is 28.2 Å². The van der Waals surface area contributed by atoms with Gasteiger partial charge < -0.3 is 25.0 Å². The highest BCUT2D eigenvalue weighted by molar-refractivity contribution is 5.95. The van der Waals surface area contributed by atoms with Gasteiger partial charge in [-0.1, -0.05) is 13.8 Å². The molecule has 2 aromatic rings. The van der Waals surface area contributed by atoms with Gasteiger partial charge in [0, 0.05) is 11.3 Å². The molecular formula is C24H31F3N2O5. The van der Waals surface area contributed by atoms with Crippen LogP contribution in [0, 0.1) is 13.8 Å². The normalized spacial score (nSPS) is 14.5. The molecule has 0 spiro atoms. The van der Waals surface area contributed by atoms with Gasteiger partial charge in [-0.3, -0.25) is 9.78 Å². The van der Waals surface area contributed by atoms with Gasteiger partial charge in [-0.15, -0.1) is 0 Å². The van der Waals surface area contributed by atoms with Crippen LogP contribution < -0.4 is 14.8 Å². The second kappa shape index (κ2) is 10.6. The standard InChI is InChI=1S/C24H31F3N2O5/c1-13(2)18-10-21(29-16(5)15(18)4)23(32,24(25,26)27)12-28-22(31)17-7-8-19(20(9-17)33-6)34-11-14(3)30/h7-10,13-14,30,32H,11-12H2,1-6H3,(H,28,31). The molecule has 0 saturated carbocycles. The number of benzene rings is 1. The summed E-state index contributed by atoms with van der Waals surface area (Å²) in [5, 5.41) is 22.3. The number of hydrogen-bond acceptors (Lipinski definition) is 6. The molecule has 0 aliphatic rings. The number of carbonyl (C=O) groups excluding carboxylic acids is 1. The number of aliphatic hydroxyl groups excluding tert-OH is 1. The van der Waals surface area contributed by atoms with Crippen molar-refractivity contribution in [2.24, 2.45) is 0 Å². The molecule has 1 heterocycles. The topological polar surface area (TPSA) is 101 Å². The van der Waals surface area contributed by atoms with Gasteiger partial charge in [-0.25, -0.2) is 0 Å². The van der Waals surface area contributed by atoms with Crippen LogP contribution in [-0.2, 0) is 5.60 Å². The molecule has 2 rings (SSSR count). The third-order valence-electron chi connectivity index (χ3n) is 5.48. The van der Waals surface area contributed by atoms with E-state index in [1.165, 1.54) is 38.3 Å². The number of aliphatic hydroxyl groups is 2. The zero-order valence-corrected chi connectivity index (χ0v) is 20.1. The quantitative estimate of drug-likeness (QED) is 0.501. The molecule has 10 heteroatoms. The van der Waals surface area contributed by atoms with Gasteiger partial charge in [-0.05, 0) is 62.1 Å². The number of alkyl halides is 3. The molecule has 2 atom stereocenters. The maximum absolute atomic E-state index is 14.0. The van der Waals surface area contributed by atoms with E-state index < -0.39 is 36.0 Å². The third kappa shape index (κ3) is 5.98. The molecule has 0 radical (unpaired) electrons. The predicted molar refractivity (Wildman–Crippen MR) is 120 cm³/mol. The van der Waals surface area contributed by atoms with Crippen LogP contribution in [-0.4, -0.2) is 53.6 Å². The Balaban J connectivity index is 2.34. The van der Waals surface area contributed by atoms with Crippen LogP contribution in [0.3, 0.4) is 0 Å². The van der Waals surface area contributed by atoms with Crippen LogP contribution in [0.4, 0.5) is 13.2 Å². The van der Waals surface area contributed by atoms with Crippen molar-refractivity contribution >= 4 is 5.91 Å². The van der Waals surface area contributed by atoms with Crippen LogP contribution >= 0.6 is 0 Å². The lowest BCUT2D eigenvalue weighted by Crippen LogP contribution is -2.51. The zero-order valence-electron chi connectivity index (χ0n) is 20.1. The van der Waals surface area contributed by atoms with Gasteiger partial charge in [0.05, 0.1) is 25.5 Å². The van der Waals surface area contributed by atoms with Crippen LogP contribution in [0.25, 0.3) is 0 Å². The first kappa shape index (κ1) is 27.4. The van der Waals surface area contributed by atoms with Crippen molar-refractivity contribution in [3.8, 4) is 11.5 Å². The molecule has 0 bridgehead atoms. The van der Waals surface area contributed by atoms with Gasteiger partial charge in [0.1, 0.15) is 6.61 Å². The summed E-state index contributed by atoms with van der Waals surface area (Å²) < 4.78 is 52.7. The van der Waals surface area contributed by atoms with E-state index >= 15 is 0 Å². The summed E-state index contributed by atoms with van der Waals surface area (Å²) >= 11 is 0. The summed E-state index contributed by atoms with van der Waals surface area (Å²) in [4.78, 5) is 16.6. The Labute approximate surface area is 196 Å². The Morgan fingerprint density at radius 3 is 2.32 bits per heavy atom. The third-order valence-corrected chi connectivity index (χ3v) is 5.48. The minimum absolute atomic E-state index is 0.00156. The number of methoxy groups -OCH3 is 1. The van der Waals surface area contributed by atoms with Crippen molar-refractivity contribution in [2.75, 3.05) is 20.3 Å². The monoisotopic (exact) mass is 484 g/mol. The zero-order chi connectivity index (χ0) is 25.8. The number of aryl methyl sites for hydroxylation is 1. The van der Waals surface area contributed by atoms with Crippen molar-refractivity contribution in [3.05, 3.63) is 52.3 Å². The summed E-state index contributed by atoms with van der Waals surface area (Å²) in [5.41, 5.74) is -2.22. The Kier molecular flexibility index (Phi) is 8.54. The summed E-state index contributed by atoms with van der Waals surface area (Å²) in [6.45, 7) is 7.40. The smallest absolute Gasteiger partial charge is 0.424 e. The summed E-state index contributed by atoms with van der Waals surface area (Å²) in [6.07, 6.45) is -5.83. The van der Waals surface area contributed by atoms with Gasteiger partial charge in [0.2, 0.25) is 5.60 Å². The number of carbonyl (C=O) groups is 1. The number of amides is 1. The van der Waals surface area contributed by atoms with Crippen molar-refractivity contribution in [1.29, 1.82) is 0 Å². The van der Waals surface area contributed by atoms with Gasteiger partial charge in [-0.2, -0.15) is 13.2 Å². The van der Waals surface area contributed by atoms with Gasteiger partial charge in [0.15, 0.2) is 11.5 Å². The molecule has 0 aliphatic carbocycles. The molecule has 0 saturated heterocycles. The molecule has 3 N–H and O–H groups in total. The van der Waals surface area contributed by atoms with Crippen molar-refractivity contribution in [3.63, 3.8) is 0 Å². The average molecular weight is 485 g/mol. The number of nitrogens with zero attached hydrogens (tertiary/aromatic N) is 1. The van der Waals surface area contributed by atoms with Crippen LogP contribution in [0.1, 0.15) is 59.6 Å². The second-order valence-electron chi connectivity index (χ2n) is 8.53. The van der Waals surface area contributed by atoms with Crippen LogP contribution in [0.15, 0.2) is 24.3 Å². The number of halogens is 3. The van der Waals surface area contributed by atoms with Gasteiger partial charge in [0.25, 0.3) is 5.91 Å². The first-order valence-corrected chi connectivity index (χ1v) is 10.8. The number of pyridine rings is 1. The van der Waals surface area contributed by atoms with E-state index in [0.29, 0.717) is 11.3 Å². The van der Waals surface area contributed by atoms with Crippen molar-refractivity contribution in [1.82, 2.24) is 10.3 Å². The first-order valence-electron chi connectivity index (χ1n) is 10.8. The second-order valence-corrected chi connectivity index (χ2v) is 8.53. The van der Waals surface area contributed by atoms with E-state index in [1.54, 1.807) is 13.8 Å². The highest BCUT2D eigenvalue weighted by Crippen LogP contribution is 2.39. The molecule has 0 fully saturated rings. The molecule has 1 amide bonds. The fourth-order valence-electron chi connectivity index (χ4n) is 3.36. The number of aromatic nitrogens is 1. The van der Waals surface area contributed by atoms with Crippen molar-refractivity contribution < 1.29 is 37.7 Å². The largest absolute Gasteiger partial charge is 0.493 e. The molecule has 1 aromatic carbocycles. The lowest BCUT2D eigenvalue weighted by molar-refractivity contribution is -0.265. The van der Waals surface area contributed by atoms with Crippen LogP contribution in [0.5, 0.6) is 11.5 Å². The number of rotatable bonds is 9. The Hall–Kier alpha value is -2.85. The number of ether oxygens (including phenoxy) is 2. The Bertz CT molecular complexity index is 1020. The number of nitrogens with one attached hydrogen (secondary N) is 1. The maximum atomic E-state index is 14.0. The van der Waals surface area contributed by atoms with E-state index in [4.69, 9.17) is 9.47 Å². The minimum atomic E-state index is -5.10. The van der Waals surface area contributed by atoms with E-state index in [-0.39, 0.29) is 29.6 Å². The average Bonchev–Trinajstić information content (AvgIpc) is 2.76. The summed E-state index contributed by atoms with van der Waals surface area (Å²) in [6, 6.07) is 5.29. The lowest BCUT2D eigenvalue weighted by Gasteiger charge is -2.31. The molecule has 0 aliphatic heterocycles. The maximum Gasteiger partial charge on any atom is 0.424 e. The Morgan fingerprint density at radius 2 is 1.79 bits per heavy atom. The molecule has 2 unspecified atom stereocenters. The Morgan fingerprint density at radius 1 is 1.15 bits per heavy atom. The summed E-state index contributed by atoms with van der Waals surface area (Å²) in [7, 11) is 1.34. The summed E-state index contributed by atoms with van der Waals surface area (Å²) in [5.74, 6) is -0.519. The number of hydrogen-bond donors (Lipinski definition) is 3. The van der Waals surface area contributed by atoms with Crippen molar-refractivity contribution in [2.45, 2.75) is 58.4 Å². The highest BCUT2D eigenvalue weighted by Gasteiger charge is 2.56. The molecular weight excluding hydrogens is 453 g/mol. The van der Waals surface area contributed by atoms with E-state index in [0.717, 1.165) is 5.56 Å². The van der Waals surface area contributed by atoms with E-state index in [1.807, 2.05) is 13.8 Å². The lowest BCUT2D eigenvalue weighted by atomic mass is 9.90. The molecule has 188 valence electrons. The predicted octanol–water partition coefficient (Wildman–Crippen LogP) is 3.77. The molecule has 7 nitrogen and oxygen atoms in total. The van der Waals surface area contributed by atoms with E-state index in [2.05, 4.69) is 10.3 Å². The first-order chi connectivity index (χ1) is 15.7. The van der Waals surface area contributed by atoms with Gasteiger partial charge >= 0.3 is 6.18 Å². The highest BCUT2D eigenvalue weighted by atomic mass is 19.4. The van der Waals surface area contributed by atoms with Crippen LogP contribution in [0.2, 0.25) is 0 Å². The minimum Gasteiger partial charge on any atom is -0.493 e. The molecule has 1 aromatic heterocycles. The fourth-order valence-corrected chi connectivity index (χ4v) is 3.36. The SMILES string of the molecule is COc1cc(C(=O)NCC(O)(c2cc(C(C)C)c(C)c(C)n2)C(F)(F)F)ccc1OCC(C)O. The molecule has 34 heavy (non-hydrogen) atoms. The fraction of sp³-hybridized carbons (Fsp3) is 0.500.